The summed E-state index contributed by atoms with van der Waals surface area (Å²) in [6.45, 7) is 0. The van der Waals surface area contributed by atoms with Crippen LogP contribution in [0.25, 0.3) is 10.9 Å². The van der Waals surface area contributed by atoms with Gasteiger partial charge in [-0.15, -0.1) is 0 Å². The Kier molecular flexibility index (Phi) is 3.21. The highest BCUT2D eigenvalue weighted by Crippen LogP contribution is 2.34. The zero-order valence-corrected chi connectivity index (χ0v) is 10.5. The van der Waals surface area contributed by atoms with Crippen LogP contribution in [-0.4, -0.2) is 16.1 Å². The summed E-state index contributed by atoms with van der Waals surface area (Å²) in [7, 11) is 0. The van der Waals surface area contributed by atoms with Crippen LogP contribution in [0.2, 0.25) is 0 Å². The molecule has 0 radical (unpaired) electrons. The van der Waals surface area contributed by atoms with E-state index < -0.39 is 34.7 Å². The number of halogens is 5. The van der Waals surface area contributed by atoms with Crippen molar-refractivity contribution in [2.75, 3.05) is 0 Å². The molecule has 0 fully saturated rings. The third-order valence-corrected chi connectivity index (χ3v) is 3.00. The van der Waals surface area contributed by atoms with Crippen LogP contribution in [0, 0.1) is 5.82 Å². The standard InChI is InChI=1S/C11H4BrF4NO2/c12-7-3-8(11(14,15)16)17-9-5(7)1-4(13)2-6(9)10(18)19/h1-3H,(H,18,19). The van der Waals surface area contributed by atoms with E-state index >= 15 is 0 Å². The predicted molar refractivity (Wildman–Crippen MR) is 61.4 cm³/mol. The molecule has 1 N–H and O–H groups in total. The van der Waals surface area contributed by atoms with Crippen molar-refractivity contribution in [3.05, 3.63) is 39.7 Å². The highest BCUT2D eigenvalue weighted by atomic mass is 79.9. The molecule has 1 heterocycles. The first-order chi connectivity index (χ1) is 8.70. The molecule has 0 bridgehead atoms. The van der Waals surface area contributed by atoms with Crippen LogP contribution in [-0.2, 0) is 6.18 Å². The van der Waals surface area contributed by atoms with Gasteiger partial charge in [0.1, 0.15) is 11.5 Å². The van der Waals surface area contributed by atoms with Gasteiger partial charge in [-0.1, -0.05) is 15.9 Å². The average Bonchev–Trinajstić information content (AvgIpc) is 2.27. The number of fused-ring (bicyclic) bond motifs is 1. The number of nitrogens with zero attached hydrogens (tertiary/aromatic N) is 1. The monoisotopic (exact) mass is 337 g/mol. The average molecular weight is 338 g/mol. The van der Waals surface area contributed by atoms with Gasteiger partial charge in [0.05, 0.1) is 11.1 Å². The maximum Gasteiger partial charge on any atom is 0.433 e. The fourth-order valence-corrected chi connectivity index (χ4v) is 2.08. The highest BCUT2D eigenvalue weighted by Gasteiger charge is 2.33. The number of carbonyl (C=O) groups is 1. The molecule has 1 aromatic heterocycles. The van der Waals surface area contributed by atoms with E-state index in [0.29, 0.717) is 12.1 Å². The van der Waals surface area contributed by atoms with Crippen molar-refractivity contribution in [2.45, 2.75) is 6.18 Å². The Labute approximate surface area is 112 Å². The molecular weight excluding hydrogens is 334 g/mol. The molecule has 0 aliphatic heterocycles. The van der Waals surface area contributed by atoms with Gasteiger partial charge in [-0.3, -0.25) is 0 Å². The minimum Gasteiger partial charge on any atom is -0.478 e. The number of carboxylic acids is 1. The van der Waals surface area contributed by atoms with Crippen LogP contribution in [0.4, 0.5) is 17.6 Å². The van der Waals surface area contributed by atoms with E-state index in [-0.39, 0.29) is 9.86 Å². The molecule has 0 saturated carbocycles. The first-order valence-corrected chi connectivity index (χ1v) is 5.59. The number of hydrogen-bond acceptors (Lipinski definition) is 2. The van der Waals surface area contributed by atoms with E-state index in [1.807, 2.05) is 0 Å². The van der Waals surface area contributed by atoms with Crippen LogP contribution in [0.5, 0.6) is 0 Å². The number of benzene rings is 1. The molecule has 3 nitrogen and oxygen atoms in total. The Morgan fingerprint density at radius 1 is 1.26 bits per heavy atom. The summed E-state index contributed by atoms with van der Waals surface area (Å²) in [5.74, 6) is -2.42. The molecule has 0 aliphatic carbocycles. The van der Waals surface area contributed by atoms with Crippen LogP contribution in [0.1, 0.15) is 16.1 Å². The van der Waals surface area contributed by atoms with Crippen molar-refractivity contribution in [1.29, 1.82) is 0 Å². The lowest BCUT2D eigenvalue weighted by atomic mass is 10.1. The van der Waals surface area contributed by atoms with E-state index in [1.54, 1.807) is 0 Å². The summed E-state index contributed by atoms with van der Waals surface area (Å²) in [4.78, 5) is 14.2. The van der Waals surface area contributed by atoms with Crippen molar-refractivity contribution < 1.29 is 27.5 Å². The van der Waals surface area contributed by atoms with E-state index in [0.717, 1.165) is 6.07 Å². The highest BCUT2D eigenvalue weighted by molar-refractivity contribution is 9.10. The molecule has 0 saturated heterocycles. The van der Waals surface area contributed by atoms with Gasteiger partial charge in [0, 0.05) is 9.86 Å². The lowest BCUT2D eigenvalue weighted by Gasteiger charge is -2.10. The SMILES string of the molecule is O=C(O)c1cc(F)cc2c(Br)cc(C(F)(F)F)nc12. The Hall–Kier alpha value is -1.70. The number of rotatable bonds is 1. The van der Waals surface area contributed by atoms with Gasteiger partial charge in [0.2, 0.25) is 0 Å². The number of pyridine rings is 1. The van der Waals surface area contributed by atoms with E-state index in [1.165, 1.54) is 0 Å². The molecule has 1 aromatic carbocycles. The Morgan fingerprint density at radius 3 is 2.42 bits per heavy atom. The van der Waals surface area contributed by atoms with Gasteiger partial charge in [-0.2, -0.15) is 13.2 Å². The molecule has 8 heteroatoms. The third-order valence-electron chi connectivity index (χ3n) is 2.35. The minimum absolute atomic E-state index is 0.0367. The van der Waals surface area contributed by atoms with Gasteiger partial charge in [0.25, 0.3) is 0 Å². The molecule has 100 valence electrons. The Balaban J connectivity index is 2.89. The second-order valence-corrected chi connectivity index (χ2v) is 4.50. The van der Waals surface area contributed by atoms with Gasteiger partial charge in [0.15, 0.2) is 0 Å². The maximum absolute atomic E-state index is 13.2. The van der Waals surface area contributed by atoms with Crippen molar-refractivity contribution in [2.24, 2.45) is 0 Å². The summed E-state index contributed by atoms with van der Waals surface area (Å²) in [6, 6.07) is 2.22. The molecule has 2 aromatic rings. The Bertz CT molecular complexity index is 684. The molecule has 0 spiro atoms. The lowest BCUT2D eigenvalue weighted by Crippen LogP contribution is -2.10. The van der Waals surface area contributed by atoms with Crippen molar-refractivity contribution >= 4 is 32.8 Å². The largest absolute Gasteiger partial charge is 0.478 e. The minimum atomic E-state index is -4.72. The van der Waals surface area contributed by atoms with E-state index in [2.05, 4.69) is 20.9 Å². The molecular formula is C11H4BrF4NO2. The molecule has 0 unspecified atom stereocenters. The maximum atomic E-state index is 13.2. The van der Waals surface area contributed by atoms with Gasteiger partial charge < -0.3 is 5.11 Å². The summed E-state index contributed by atoms with van der Waals surface area (Å²) in [6.07, 6.45) is -4.72. The van der Waals surface area contributed by atoms with E-state index in [9.17, 15) is 22.4 Å². The normalized spacial score (nSPS) is 11.8. The quantitative estimate of drug-likeness (QED) is 0.804. The molecule has 0 amide bonds. The number of alkyl halides is 3. The van der Waals surface area contributed by atoms with E-state index in [4.69, 9.17) is 5.11 Å². The predicted octanol–water partition coefficient (Wildman–Crippen LogP) is 3.85. The van der Waals surface area contributed by atoms with Crippen molar-refractivity contribution in [1.82, 2.24) is 4.98 Å². The number of aromatic nitrogens is 1. The zero-order chi connectivity index (χ0) is 14.4. The first-order valence-electron chi connectivity index (χ1n) is 4.80. The zero-order valence-electron chi connectivity index (χ0n) is 8.92. The Morgan fingerprint density at radius 2 is 1.89 bits per heavy atom. The lowest BCUT2D eigenvalue weighted by molar-refractivity contribution is -0.141. The smallest absolute Gasteiger partial charge is 0.433 e. The number of aromatic carboxylic acids is 1. The number of hydrogen-bond donors (Lipinski definition) is 1. The fourth-order valence-electron chi connectivity index (χ4n) is 1.56. The second kappa shape index (κ2) is 4.44. The fraction of sp³-hybridized carbons (Fsp3) is 0.0909. The second-order valence-electron chi connectivity index (χ2n) is 3.64. The van der Waals surface area contributed by atoms with Gasteiger partial charge in [-0.25, -0.2) is 14.2 Å². The topological polar surface area (TPSA) is 50.2 Å². The summed E-state index contributed by atoms with van der Waals surface area (Å²) in [5, 5.41) is 8.85. The van der Waals surface area contributed by atoms with Gasteiger partial charge in [-0.05, 0) is 18.2 Å². The number of carboxylic acid groups (broad SMARTS) is 1. The van der Waals surface area contributed by atoms with Crippen LogP contribution < -0.4 is 0 Å². The van der Waals surface area contributed by atoms with Crippen LogP contribution in [0.3, 0.4) is 0 Å². The summed E-state index contributed by atoms with van der Waals surface area (Å²) in [5.41, 5.74) is -2.29. The van der Waals surface area contributed by atoms with Crippen LogP contribution >= 0.6 is 15.9 Å². The molecule has 2 rings (SSSR count). The summed E-state index contributed by atoms with van der Waals surface area (Å²) < 4.78 is 51.0. The third kappa shape index (κ3) is 2.53. The van der Waals surface area contributed by atoms with Crippen LogP contribution in [0.15, 0.2) is 22.7 Å². The summed E-state index contributed by atoms with van der Waals surface area (Å²) >= 11 is 2.86. The molecule has 19 heavy (non-hydrogen) atoms. The van der Waals surface area contributed by atoms with Crippen molar-refractivity contribution in [3.63, 3.8) is 0 Å². The molecule has 0 aliphatic rings. The molecule has 0 atom stereocenters. The van der Waals surface area contributed by atoms with Crippen molar-refractivity contribution in [3.8, 4) is 0 Å². The van der Waals surface area contributed by atoms with Gasteiger partial charge >= 0.3 is 12.1 Å². The first kappa shape index (κ1) is 13.7.